The van der Waals surface area contributed by atoms with E-state index in [1.165, 1.54) is 11.6 Å². The number of ether oxygens (including phenoxy) is 2. The van der Waals surface area contributed by atoms with Gasteiger partial charge in [0.2, 0.25) is 5.91 Å². The molecule has 0 spiro atoms. The lowest BCUT2D eigenvalue weighted by Crippen LogP contribution is -2.27. The van der Waals surface area contributed by atoms with Crippen molar-refractivity contribution in [2.45, 2.75) is 0 Å². The maximum atomic E-state index is 10.9. The number of carbonyl (C=O) groups excluding carboxylic acids is 2. The van der Waals surface area contributed by atoms with E-state index in [0.717, 1.165) is 6.08 Å². The van der Waals surface area contributed by atoms with Crippen LogP contribution in [0.3, 0.4) is 0 Å². The van der Waals surface area contributed by atoms with Crippen LogP contribution in [0.4, 0.5) is 0 Å². The number of carbonyl (C=O) groups is 2. The van der Waals surface area contributed by atoms with Gasteiger partial charge in [-0.25, -0.2) is 4.79 Å². The molecule has 1 rings (SSSR count). The van der Waals surface area contributed by atoms with Crippen molar-refractivity contribution in [1.29, 1.82) is 0 Å². The van der Waals surface area contributed by atoms with Crippen LogP contribution in [-0.4, -0.2) is 36.5 Å². The highest BCUT2D eigenvalue weighted by molar-refractivity contribution is 5.81. The van der Waals surface area contributed by atoms with Crippen molar-refractivity contribution in [2.75, 3.05) is 19.8 Å². The first-order valence-electron chi connectivity index (χ1n) is 3.77. The third-order valence-electron chi connectivity index (χ3n) is 1.47. The molecule has 0 bridgehead atoms. The Balaban J connectivity index is 2.15. The number of hydrogen-bond donors (Lipinski definition) is 0. The fourth-order valence-electron chi connectivity index (χ4n) is 0.821. The van der Waals surface area contributed by atoms with Crippen LogP contribution in [0.25, 0.3) is 0 Å². The van der Waals surface area contributed by atoms with Gasteiger partial charge in [0.1, 0.15) is 6.61 Å². The highest BCUT2D eigenvalue weighted by Gasteiger charge is 2.11. The topological polar surface area (TPSA) is 55.8 Å². The smallest absolute Gasteiger partial charge is 0.330 e. The molecule has 5 nitrogen and oxygen atoms in total. The first-order chi connectivity index (χ1) is 6.24. The third-order valence-corrected chi connectivity index (χ3v) is 1.47. The second kappa shape index (κ2) is 4.61. The average Bonchev–Trinajstić information content (AvgIpc) is 2.52. The predicted octanol–water partition coefficient (Wildman–Crippen LogP) is -0.306. The molecule has 5 heteroatoms. The van der Waals surface area contributed by atoms with Crippen molar-refractivity contribution in [3.8, 4) is 0 Å². The van der Waals surface area contributed by atoms with Gasteiger partial charge in [-0.3, -0.25) is 4.79 Å². The van der Waals surface area contributed by atoms with Crippen LogP contribution in [0.2, 0.25) is 0 Å². The summed E-state index contributed by atoms with van der Waals surface area (Å²) in [5.74, 6) is -0.623. The second-order valence-corrected chi connectivity index (χ2v) is 2.38. The summed E-state index contributed by atoms with van der Waals surface area (Å²) < 4.78 is 9.42. The molecule has 0 atom stereocenters. The van der Waals surface area contributed by atoms with Crippen LogP contribution >= 0.6 is 0 Å². The van der Waals surface area contributed by atoms with Gasteiger partial charge in [0.05, 0.1) is 6.61 Å². The number of amides is 1. The molecule has 0 aliphatic carbocycles. The van der Waals surface area contributed by atoms with Gasteiger partial charge in [-0.1, -0.05) is 6.58 Å². The molecule has 1 heterocycles. The van der Waals surface area contributed by atoms with Crippen LogP contribution in [0.1, 0.15) is 0 Å². The normalized spacial score (nSPS) is 16.0. The minimum absolute atomic E-state index is 0.0649. The monoisotopic (exact) mass is 184 g/mol. The summed E-state index contributed by atoms with van der Waals surface area (Å²) in [5.41, 5.74) is 0. The summed E-state index contributed by atoms with van der Waals surface area (Å²) in [6.07, 6.45) is 1.08. The Labute approximate surface area is 75.9 Å². The molecule has 13 heavy (non-hydrogen) atoms. The molecule has 0 aromatic carbocycles. The van der Waals surface area contributed by atoms with Gasteiger partial charge in [-0.15, -0.1) is 6.73 Å². The van der Waals surface area contributed by atoms with Crippen molar-refractivity contribution < 1.29 is 19.1 Å². The van der Waals surface area contributed by atoms with Crippen molar-refractivity contribution in [3.05, 3.63) is 19.4 Å². The summed E-state index contributed by atoms with van der Waals surface area (Å²) >= 11 is 0. The number of rotatable bonds is 4. The number of nitrogens with zero attached hydrogens (tertiary/aromatic N) is 1. The molecule has 0 aromatic heterocycles. The molecule has 0 aromatic rings. The fourth-order valence-corrected chi connectivity index (χ4v) is 0.821. The molecule has 1 saturated heterocycles. The molecule has 0 radical (unpaired) electrons. The summed E-state index contributed by atoms with van der Waals surface area (Å²) in [7, 11) is 0. The Morgan fingerprint density at radius 3 is 3.15 bits per heavy atom. The maximum Gasteiger partial charge on any atom is 0.330 e. The van der Waals surface area contributed by atoms with E-state index in [9.17, 15) is 9.59 Å². The lowest BCUT2D eigenvalue weighted by molar-refractivity contribution is -0.139. The zero-order valence-electron chi connectivity index (χ0n) is 7.06. The molecule has 1 aliphatic rings. The Morgan fingerprint density at radius 1 is 1.85 bits per heavy atom. The molecule has 72 valence electrons. The van der Waals surface area contributed by atoms with Crippen LogP contribution in [0.15, 0.2) is 12.7 Å². The molecular weight excluding hydrogens is 174 g/mol. The first-order valence-corrected chi connectivity index (χ1v) is 3.77. The molecule has 1 aliphatic heterocycles. The largest absolute Gasteiger partial charge is 0.525 e. The van der Waals surface area contributed by atoms with Gasteiger partial charge < -0.3 is 14.4 Å². The van der Waals surface area contributed by atoms with Gasteiger partial charge in [0.15, 0.2) is 0 Å². The standard InChI is InChI=1S/C8H10NO4/c1-2-8(11)13-4-3-9-6-12-5-7(9)10/h2,6H,1,3-5H2/q-1. The van der Waals surface area contributed by atoms with Crippen LogP contribution in [0, 0.1) is 6.73 Å². The van der Waals surface area contributed by atoms with E-state index in [-0.39, 0.29) is 19.1 Å². The maximum absolute atomic E-state index is 10.9. The summed E-state index contributed by atoms with van der Waals surface area (Å²) in [6, 6.07) is 0. The van der Waals surface area contributed by atoms with E-state index >= 15 is 0 Å². The minimum Gasteiger partial charge on any atom is -0.525 e. The molecule has 0 N–H and O–H groups in total. The highest BCUT2D eigenvalue weighted by Crippen LogP contribution is 2.04. The Bertz CT molecular complexity index is 226. The zero-order valence-corrected chi connectivity index (χ0v) is 7.06. The number of hydrogen-bond acceptors (Lipinski definition) is 4. The van der Waals surface area contributed by atoms with Gasteiger partial charge in [0, 0.05) is 12.6 Å². The predicted molar refractivity (Wildman–Crippen MR) is 43.1 cm³/mol. The van der Waals surface area contributed by atoms with E-state index in [0.29, 0.717) is 6.54 Å². The van der Waals surface area contributed by atoms with Crippen LogP contribution in [0.5, 0.6) is 0 Å². The van der Waals surface area contributed by atoms with Gasteiger partial charge in [0.25, 0.3) is 0 Å². The van der Waals surface area contributed by atoms with Gasteiger partial charge in [-0.2, -0.15) is 0 Å². The number of esters is 1. The van der Waals surface area contributed by atoms with E-state index in [1.54, 1.807) is 0 Å². The molecule has 1 amide bonds. The summed E-state index contributed by atoms with van der Waals surface area (Å²) in [5, 5.41) is 0. The molecule has 0 unspecified atom stereocenters. The lowest BCUT2D eigenvalue weighted by Gasteiger charge is -2.22. The Morgan fingerprint density at radius 2 is 2.62 bits per heavy atom. The summed E-state index contributed by atoms with van der Waals surface area (Å²) in [4.78, 5) is 22.9. The molecule has 1 fully saturated rings. The zero-order chi connectivity index (χ0) is 9.68. The van der Waals surface area contributed by atoms with Crippen LogP contribution in [-0.2, 0) is 19.1 Å². The van der Waals surface area contributed by atoms with E-state index in [4.69, 9.17) is 4.74 Å². The van der Waals surface area contributed by atoms with Crippen LogP contribution < -0.4 is 0 Å². The summed E-state index contributed by atoms with van der Waals surface area (Å²) in [6.45, 7) is 5.09. The van der Waals surface area contributed by atoms with E-state index < -0.39 is 5.97 Å². The van der Waals surface area contributed by atoms with Gasteiger partial charge >= 0.3 is 5.97 Å². The van der Waals surface area contributed by atoms with Crippen molar-refractivity contribution in [1.82, 2.24) is 4.90 Å². The van der Waals surface area contributed by atoms with Gasteiger partial charge in [-0.05, 0) is 0 Å². The van der Waals surface area contributed by atoms with E-state index in [2.05, 4.69) is 11.3 Å². The quantitative estimate of drug-likeness (QED) is 0.342. The third kappa shape index (κ3) is 2.87. The molecular formula is C8H10NO4-. The second-order valence-electron chi connectivity index (χ2n) is 2.38. The Hall–Kier alpha value is -1.36. The molecule has 0 saturated carbocycles. The minimum atomic E-state index is -0.493. The Kier molecular flexibility index (Phi) is 3.45. The fraction of sp³-hybridized carbons (Fsp3) is 0.375. The lowest BCUT2D eigenvalue weighted by atomic mass is 10.5. The average molecular weight is 184 g/mol. The highest BCUT2D eigenvalue weighted by atomic mass is 16.5. The SMILES string of the molecule is C=CC(=O)OCCN1[CH-]OCC1=O. The van der Waals surface area contributed by atoms with E-state index in [1.807, 2.05) is 0 Å². The van der Waals surface area contributed by atoms with Crippen molar-refractivity contribution in [3.63, 3.8) is 0 Å². The van der Waals surface area contributed by atoms with Crippen molar-refractivity contribution in [2.24, 2.45) is 0 Å². The van der Waals surface area contributed by atoms with Crippen molar-refractivity contribution >= 4 is 11.9 Å². The first kappa shape index (κ1) is 9.73.